The Balaban J connectivity index is 0.00000450. The standard InChI is InChI=1S/C23H39N5O.HI/c1-3-24-23(26-16-11-19-28-18-9-5-8-14-22(28)29)25-15-10-17-27(2)20-21-12-6-4-7-13-21;/h4,6-7,12-13H,3,5,8-11,14-20H2,1-2H3,(H2,24,25,26);1H. The van der Waals surface area contributed by atoms with Crippen LogP contribution in [0.2, 0.25) is 0 Å². The zero-order valence-electron chi connectivity index (χ0n) is 18.7. The van der Waals surface area contributed by atoms with Crippen LogP contribution in [0.1, 0.15) is 51.0 Å². The van der Waals surface area contributed by atoms with Gasteiger partial charge in [-0.1, -0.05) is 36.8 Å². The monoisotopic (exact) mass is 529 g/mol. The van der Waals surface area contributed by atoms with E-state index in [-0.39, 0.29) is 24.0 Å². The lowest BCUT2D eigenvalue weighted by molar-refractivity contribution is -0.130. The maximum absolute atomic E-state index is 12.1. The molecule has 1 saturated heterocycles. The van der Waals surface area contributed by atoms with Gasteiger partial charge in [0, 0.05) is 45.7 Å². The first-order valence-corrected chi connectivity index (χ1v) is 11.2. The Labute approximate surface area is 199 Å². The van der Waals surface area contributed by atoms with Crippen LogP contribution in [-0.4, -0.2) is 68.0 Å². The molecule has 0 aliphatic carbocycles. The SMILES string of the molecule is CCNC(=NCCCN1CCCCCC1=O)NCCCN(C)Cc1ccccc1.I. The molecule has 1 heterocycles. The van der Waals surface area contributed by atoms with Gasteiger partial charge in [-0.3, -0.25) is 9.79 Å². The predicted molar refractivity (Wildman–Crippen MR) is 136 cm³/mol. The molecule has 170 valence electrons. The number of carbonyl (C=O) groups excluding carboxylic acids is 1. The van der Waals surface area contributed by atoms with E-state index in [0.717, 1.165) is 77.5 Å². The second-order valence-corrected chi connectivity index (χ2v) is 7.81. The molecular formula is C23H40IN5O. The molecular weight excluding hydrogens is 489 g/mol. The molecule has 0 unspecified atom stereocenters. The molecule has 1 aromatic carbocycles. The molecule has 1 aliphatic rings. The summed E-state index contributed by atoms with van der Waals surface area (Å²) >= 11 is 0. The highest BCUT2D eigenvalue weighted by Gasteiger charge is 2.15. The molecule has 0 radical (unpaired) electrons. The van der Waals surface area contributed by atoms with Crippen LogP contribution in [-0.2, 0) is 11.3 Å². The topological polar surface area (TPSA) is 60.0 Å². The zero-order chi connectivity index (χ0) is 20.7. The number of amides is 1. The molecule has 0 saturated carbocycles. The van der Waals surface area contributed by atoms with Crippen molar-refractivity contribution in [3.63, 3.8) is 0 Å². The summed E-state index contributed by atoms with van der Waals surface area (Å²) in [6, 6.07) is 10.6. The third kappa shape index (κ3) is 11.2. The second kappa shape index (κ2) is 16.4. The number of guanidine groups is 1. The van der Waals surface area contributed by atoms with Crippen molar-refractivity contribution in [2.24, 2.45) is 4.99 Å². The van der Waals surface area contributed by atoms with Crippen LogP contribution in [0.3, 0.4) is 0 Å². The molecule has 0 spiro atoms. The maximum Gasteiger partial charge on any atom is 0.222 e. The van der Waals surface area contributed by atoms with Crippen LogP contribution < -0.4 is 10.6 Å². The lowest BCUT2D eigenvalue weighted by Gasteiger charge is -2.20. The number of benzene rings is 1. The number of aliphatic imine (C=N–C) groups is 1. The van der Waals surface area contributed by atoms with Gasteiger partial charge in [0.25, 0.3) is 0 Å². The summed E-state index contributed by atoms with van der Waals surface area (Å²) in [6.45, 7) is 8.33. The van der Waals surface area contributed by atoms with Crippen LogP contribution in [0.4, 0.5) is 0 Å². The van der Waals surface area contributed by atoms with Crippen LogP contribution in [0.5, 0.6) is 0 Å². The first kappa shape index (κ1) is 26.7. The van der Waals surface area contributed by atoms with E-state index in [4.69, 9.17) is 0 Å². The summed E-state index contributed by atoms with van der Waals surface area (Å²) in [4.78, 5) is 21.1. The van der Waals surface area contributed by atoms with Gasteiger partial charge in [0.15, 0.2) is 5.96 Å². The molecule has 6 nitrogen and oxygen atoms in total. The van der Waals surface area contributed by atoms with E-state index in [1.807, 2.05) is 4.90 Å². The van der Waals surface area contributed by atoms with E-state index >= 15 is 0 Å². The zero-order valence-corrected chi connectivity index (χ0v) is 21.1. The fraction of sp³-hybridized carbons (Fsp3) is 0.652. The minimum Gasteiger partial charge on any atom is -0.357 e. The smallest absolute Gasteiger partial charge is 0.222 e. The number of halogens is 1. The number of hydrogen-bond donors (Lipinski definition) is 2. The van der Waals surface area contributed by atoms with Crippen LogP contribution in [0, 0.1) is 0 Å². The highest BCUT2D eigenvalue weighted by atomic mass is 127. The Morgan fingerprint density at radius 1 is 1.13 bits per heavy atom. The number of nitrogens with zero attached hydrogens (tertiary/aromatic N) is 3. The van der Waals surface area contributed by atoms with Gasteiger partial charge >= 0.3 is 0 Å². The molecule has 1 fully saturated rings. The van der Waals surface area contributed by atoms with Crippen molar-refractivity contribution in [3.8, 4) is 0 Å². The molecule has 1 amide bonds. The normalized spacial score (nSPS) is 15.0. The van der Waals surface area contributed by atoms with Crippen molar-refractivity contribution in [3.05, 3.63) is 35.9 Å². The van der Waals surface area contributed by atoms with Gasteiger partial charge in [0.2, 0.25) is 5.91 Å². The Hall–Kier alpha value is -1.35. The van der Waals surface area contributed by atoms with Crippen molar-refractivity contribution >= 4 is 35.8 Å². The number of rotatable bonds is 11. The quantitative estimate of drug-likeness (QED) is 0.200. The van der Waals surface area contributed by atoms with Crippen LogP contribution >= 0.6 is 24.0 Å². The minimum atomic E-state index is 0. The molecule has 30 heavy (non-hydrogen) atoms. The van der Waals surface area contributed by atoms with Crippen molar-refractivity contribution in [1.82, 2.24) is 20.4 Å². The fourth-order valence-corrected chi connectivity index (χ4v) is 3.60. The third-order valence-electron chi connectivity index (χ3n) is 5.18. The van der Waals surface area contributed by atoms with Gasteiger partial charge in [0.05, 0.1) is 0 Å². The van der Waals surface area contributed by atoms with E-state index in [2.05, 4.69) is 64.8 Å². The van der Waals surface area contributed by atoms with E-state index in [1.54, 1.807) is 0 Å². The largest absolute Gasteiger partial charge is 0.357 e. The second-order valence-electron chi connectivity index (χ2n) is 7.81. The minimum absolute atomic E-state index is 0. The Kier molecular flexibility index (Phi) is 14.5. The molecule has 2 rings (SSSR count). The van der Waals surface area contributed by atoms with Crippen LogP contribution in [0.15, 0.2) is 35.3 Å². The van der Waals surface area contributed by atoms with E-state index in [9.17, 15) is 4.79 Å². The average Bonchev–Trinajstić information content (AvgIpc) is 2.93. The molecule has 7 heteroatoms. The van der Waals surface area contributed by atoms with Gasteiger partial charge < -0.3 is 20.4 Å². The number of hydrogen-bond acceptors (Lipinski definition) is 3. The van der Waals surface area contributed by atoms with E-state index in [0.29, 0.717) is 12.3 Å². The molecule has 0 bridgehead atoms. The first-order chi connectivity index (χ1) is 14.2. The fourth-order valence-electron chi connectivity index (χ4n) is 3.60. The molecule has 0 aromatic heterocycles. The summed E-state index contributed by atoms with van der Waals surface area (Å²) < 4.78 is 0. The summed E-state index contributed by atoms with van der Waals surface area (Å²) in [5.41, 5.74) is 1.35. The molecule has 1 aliphatic heterocycles. The maximum atomic E-state index is 12.1. The summed E-state index contributed by atoms with van der Waals surface area (Å²) in [5, 5.41) is 6.74. The summed E-state index contributed by atoms with van der Waals surface area (Å²) in [6.07, 6.45) is 6.06. The van der Waals surface area contributed by atoms with Crippen molar-refractivity contribution in [2.75, 3.05) is 46.3 Å². The van der Waals surface area contributed by atoms with Crippen molar-refractivity contribution in [2.45, 2.75) is 52.0 Å². The van der Waals surface area contributed by atoms with Crippen molar-refractivity contribution in [1.29, 1.82) is 0 Å². The van der Waals surface area contributed by atoms with Gasteiger partial charge in [-0.05, 0) is 51.8 Å². The van der Waals surface area contributed by atoms with Crippen molar-refractivity contribution < 1.29 is 4.79 Å². The van der Waals surface area contributed by atoms with E-state index in [1.165, 1.54) is 12.0 Å². The highest BCUT2D eigenvalue weighted by Crippen LogP contribution is 2.11. The summed E-state index contributed by atoms with van der Waals surface area (Å²) in [7, 11) is 2.16. The Morgan fingerprint density at radius 3 is 2.70 bits per heavy atom. The van der Waals surface area contributed by atoms with Gasteiger partial charge in [-0.25, -0.2) is 0 Å². The third-order valence-corrected chi connectivity index (χ3v) is 5.18. The summed E-state index contributed by atoms with van der Waals surface area (Å²) in [5.74, 6) is 1.19. The van der Waals surface area contributed by atoms with E-state index < -0.39 is 0 Å². The lowest BCUT2D eigenvalue weighted by atomic mass is 10.2. The first-order valence-electron chi connectivity index (χ1n) is 11.2. The van der Waals surface area contributed by atoms with Crippen LogP contribution in [0.25, 0.3) is 0 Å². The average molecular weight is 530 g/mol. The highest BCUT2D eigenvalue weighted by molar-refractivity contribution is 14.0. The van der Waals surface area contributed by atoms with Gasteiger partial charge in [0.1, 0.15) is 0 Å². The number of carbonyl (C=O) groups is 1. The Morgan fingerprint density at radius 2 is 1.93 bits per heavy atom. The van der Waals surface area contributed by atoms with Gasteiger partial charge in [-0.15, -0.1) is 24.0 Å². The number of likely N-dealkylation sites (tertiary alicyclic amines) is 1. The molecule has 2 N–H and O–H groups in total. The number of nitrogens with one attached hydrogen (secondary N) is 2. The molecule has 1 aromatic rings. The Bertz CT molecular complexity index is 611. The molecule has 0 atom stereocenters. The van der Waals surface area contributed by atoms with Gasteiger partial charge in [-0.2, -0.15) is 0 Å². The predicted octanol–water partition coefficient (Wildman–Crippen LogP) is 3.47. The lowest BCUT2D eigenvalue weighted by Crippen LogP contribution is -2.39.